The van der Waals surface area contributed by atoms with Gasteiger partial charge in [-0.05, 0) is 38.8 Å². The molecule has 0 bridgehead atoms. The third-order valence-electron chi connectivity index (χ3n) is 3.83. The molecular formula is C16H25FN2O. The maximum atomic E-state index is 14.2. The van der Waals surface area contributed by atoms with E-state index in [1.165, 1.54) is 12.8 Å². The lowest BCUT2D eigenvalue weighted by Gasteiger charge is -2.31. The van der Waals surface area contributed by atoms with Crippen LogP contribution >= 0.6 is 0 Å². The highest BCUT2D eigenvalue weighted by molar-refractivity contribution is 5.55. The van der Waals surface area contributed by atoms with E-state index in [2.05, 4.69) is 24.1 Å². The second kappa shape index (κ2) is 7.04. The van der Waals surface area contributed by atoms with Gasteiger partial charge >= 0.3 is 0 Å². The fourth-order valence-corrected chi connectivity index (χ4v) is 2.58. The van der Waals surface area contributed by atoms with Crippen LogP contribution in [0.1, 0.15) is 32.3 Å². The molecule has 4 heteroatoms. The summed E-state index contributed by atoms with van der Waals surface area (Å²) in [7, 11) is 1.70. The Balaban J connectivity index is 2.20. The van der Waals surface area contributed by atoms with E-state index < -0.39 is 0 Å². The Morgan fingerprint density at radius 2 is 2.20 bits per heavy atom. The molecule has 112 valence electrons. The molecule has 1 N–H and O–H groups in total. The van der Waals surface area contributed by atoms with E-state index in [4.69, 9.17) is 4.74 Å². The van der Waals surface area contributed by atoms with Crippen LogP contribution < -0.4 is 10.2 Å². The maximum absolute atomic E-state index is 14.2. The Morgan fingerprint density at radius 1 is 1.45 bits per heavy atom. The van der Waals surface area contributed by atoms with Gasteiger partial charge in [0.05, 0.1) is 6.61 Å². The van der Waals surface area contributed by atoms with Crippen molar-refractivity contribution < 1.29 is 9.13 Å². The maximum Gasteiger partial charge on any atom is 0.129 e. The van der Waals surface area contributed by atoms with E-state index in [-0.39, 0.29) is 11.9 Å². The van der Waals surface area contributed by atoms with Gasteiger partial charge in [-0.2, -0.15) is 0 Å². The Kier molecular flexibility index (Phi) is 5.38. The van der Waals surface area contributed by atoms with Crippen molar-refractivity contribution in [2.45, 2.75) is 45.3 Å². The van der Waals surface area contributed by atoms with E-state index in [0.29, 0.717) is 19.2 Å². The number of anilines is 1. The van der Waals surface area contributed by atoms with Crippen LogP contribution in [0, 0.1) is 5.82 Å². The average molecular weight is 280 g/mol. The molecule has 2 rings (SSSR count). The number of hydrogen-bond acceptors (Lipinski definition) is 3. The molecule has 1 unspecified atom stereocenters. The predicted molar refractivity (Wildman–Crippen MR) is 80.6 cm³/mol. The molecule has 0 heterocycles. The van der Waals surface area contributed by atoms with Gasteiger partial charge in [0.15, 0.2) is 0 Å². The van der Waals surface area contributed by atoms with Crippen LogP contribution in [0.15, 0.2) is 18.2 Å². The molecule has 1 fully saturated rings. The Morgan fingerprint density at radius 3 is 2.80 bits per heavy atom. The Hall–Kier alpha value is -1.13. The fourth-order valence-electron chi connectivity index (χ4n) is 2.58. The average Bonchev–Trinajstić information content (AvgIpc) is 3.23. The van der Waals surface area contributed by atoms with E-state index >= 15 is 0 Å². The molecule has 1 aromatic carbocycles. The lowest BCUT2D eigenvalue weighted by Crippen LogP contribution is -2.37. The van der Waals surface area contributed by atoms with E-state index in [1.807, 2.05) is 6.07 Å². The van der Waals surface area contributed by atoms with Crippen LogP contribution in [0.2, 0.25) is 0 Å². The van der Waals surface area contributed by atoms with Gasteiger partial charge in [-0.15, -0.1) is 0 Å². The second-order valence-corrected chi connectivity index (χ2v) is 5.48. The number of ether oxygens (including phenoxy) is 1. The van der Waals surface area contributed by atoms with Crippen molar-refractivity contribution in [2.24, 2.45) is 0 Å². The molecule has 1 aromatic rings. The van der Waals surface area contributed by atoms with Gasteiger partial charge in [0, 0.05) is 43.5 Å². The number of nitrogens with zero attached hydrogens (tertiary/aromatic N) is 1. The minimum absolute atomic E-state index is 0.126. The van der Waals surface area contributed by atoms with Crippen molar-refractivity contribution in [3.8, 4) is 0 Å². The molecule has 1 aliphatic rings. The van der Waals surface area contributed by atoms with Crippen LogP contribution in [0.3, 0.4) is 0 Å². The van der Waals surface area contributed by atoms with Gasteiger partial charge in [0.1, 0.15) is 5.82 Å². The minimum atomic E-state index is -0.126. The highest BCUT2D eigenvalue weighted by atomic mass is 19.1. The molecule has 0 aliphatic heterocycles. The fraction of sp³-hybridized carbons (Fsp3) is 0.625. The first-order valence-corrected chi connectivity index (χ1v) is 7.43. The number of hydrogen-bond donors (Lipinski definition) is 1. The largest absolute Gasteiger partial charge is 0.383 e. The van der Waals surface area contributed by atoms with E-state index in [0.717, 1.165) is 17.8 Å². The number of benzene rings is 1. The van der Waals surface area contributed by atoms with Crippen LogP contribution in [0.25, 0.3) is 0 Å². The van der Waals surface area contributed by atoms with Crippen molar-refractivity contribution in [2.75, 3.05) is 25.2 Å². The third-order valence-corrected chi connectivity index (χ3v) is 3.83. The molecule has 3 nitrogen and oxygen atoms in total. The normalized spacial score (nSPS) is 16.2. The van der Waals surface area contributed by atoms with Crippen LogP contribution in [-0.4, -0.2) is 32.3 Å². The number of likely N-dealkylation sites (N-methyl/N-ethyl adjacent to an activating group) is 1. The van der Waals surface area contributed by atoms with Gasteiger partial charge in [-0.3, -0.25) is 0 Å². The molecular weight excluding hydrogens is 255 g/mol. The first-order chi connectivity index (χ1) is 9.67. The molecule has 0 amide bonds. The van der Waals surface area contributed by atoms with Crippen molar-refractivity contribution in [3.05, 3.63) is 29.6 Å². The van der Waals surface area contributed by atoms with Gasteiger partial charge in [0.2, 0.25) is 0 Å². The number of rotatable bonds is 8. The molecule has 1 saturated carbocycles. The number of nitrogens with one attached hydrogen (secondary N) is 1. The summed E-state index contributed by atoms with van der Waals surface area (Å²) in [6, 6.07) is 6.14. The summed E-state index contributed by atoms with van der Waals surface area (Å²) >= 11 is 0. The summed E-state index contributed by atoms with van der Waals surface area (Å²) in [5, 5.41) is 3.41. The summed E-state index contributed by atoms with van der Waals surface area (Å²) in [6.07, 6.45) is 2.42. The Bertz CT molecular complexity index is 434. The van der Waals surface area contributed by atoms with Crippen molar-refractivity contribution >= 4 is 5.69 Å². The van der Waals surface area contributed by atoms with Crippen molar-refractivity contribution in [1.82, 2.24) is 5.32 Å². The van der Waals surface area contributed by atoms with Crippen LogP contribution in [0.5, 0.6) is 0 Å². The molecule has 20 heavy (non-hydrogen) atoms. The zero-order valence-corrected chi connectivity index (χ0v) is 12.7. The topological polar surface area (TPSA) is 24.5 Å². The SMILES string of the molecule is CCN(c1cccc(F)c1CNC1CC1)C(C)COC. The van der Waals surface area contributed by atoms with Gasteiger partial charge in [-0.1, -0.05) is 6.07 Å². The van der Waals surface area contributed by atoms with E-state index in [1.54, 1.807) is 19.2 Å². The lowest BCUT2D eigenvalue weighted by molar-refractivity contribution is 0.182. The predicted octanol–water partition coefficient (Wildman–Crippen LogP) is 2.94. The highest BCUT2D eigenvalue weighted by Crippen LogP contribution is 2.27. The van der Waals surface area contributed by atoms with Crippen LogP contribution in [-0.2, 0) is 11.3 Å². The minimum Gasteiger partial charge on any atom is -0.383 e. The summed E-state index contributed by atoms with van der Waals surface area (Å²) in [4.78, 5) is 2.20. The summed E-state index contributed by atoms with van der Waals surface area (Å²) in [6.45, 7) is 6.28. The quantitative estimate of drug-likeness (QED) is 0.792. The van der Waals surface area contributed by atoms with Gasteiger partial charge < -0.3 is 15.0 Å². The highest BCUT2D eigenvalue weighted by Gasteiger charge is 2.23. The summed E-state index contributed by atoms with van der Waals surface area (Å²) in [5.41, 5.74) is 1.74. The number of halogens is 1. The number of methoxy groups -OCH3 is 1. The van der Waals surface area contributed by atoms with Crippen molar-refractivity contribution in [1.29, 1.82) is 0 Å². The molecule has 0 radical (unpaired) electrons. The molecule has 0 saturated heterocycles. The summed E-state index contributed by atoms with van der Waals surface area (Å²) < 4.78 is 19.4. The molecule has 1 atom stereocenters. The molecule has 0 spiro atoms. The summed E-state index contributed by atoms with van der Waals surface area (Å²) in [5.74, 6) is -0.126. The first-order valence-electron chi connectivity index (χ1n) is 7.43. The monoisotopic (exact) mass is 280 g/mol. The van der Waals surface area contributed by atoms with Crippen molar-refractivity contribution in [3.63, 3.8) is 0 Å². The smallest absolute Gasteiger partial charge is 0.129 e. The second-order valence-electron chi connectivity index (χ2n) is 5.48. The molecule has 1 aliphatic carbocycles. The van der Waals surface area contributed by atoms with Gasteiger partial charge in [0.25, 0.3) is 0 Å². The zero-order chi connectivity index (χ0) is 14.5. The zero-order valence-electron chi connectivity index (χ0n) is 12.7. The lowest BCUT2D eigenvalue weighted by atomic mass is 10.1. The molecule has 0 aromatic heterocycles. The first kappa shape index (κ1) is 15.3. The standard InChI is InChI=1S/C16H25FN2O/c1-4-19(12(2)11-20-3)16-7-5-6-15(17)14(16)10-18-13-8-9-13/h5-7,12-13,18H,4,8-11H2,1-3H3. The van der Waals surface area contributed by atoms with Crippen LogP contribution in [0.4, 0.5) is 10.1 Å². The van der Waals surface area contributed by atoms with E-state index in [9.17, 15) is 4.39 Å². The third kappa shape index (κ3) is 3.70. The Labute approximate surface area is 121 Å². The van der Waals surface area contributed by atoms with Gasteiger partial charge in [-0.25, -0.2) is 4.39 Å².